The van der Waals surface area contributed by atoms with Crippen molar-refractivity contribution in [3.63, 3.8) is 0 Å². The fourth-order valence-corrected chi connectivity index (χ4v) is 3.76. The van der Waals surface area contributed by atoms with Crippen molar-refractivity contribution in [1.82, 2.24) is 9.97 Å². The Balaban J connectivity index is 1.35. The number of fused-ring (bicyclic) bond motifs is 1. The molecule has 6 heteroatoms. The summed E-state index contributed by atoms with van der Waals surface area (Å²) in [6, 6.07) is 30.1. The van der Waals surface area contributed by atoms with Crippen LogP contribution in [0.15, 0.2) is 97.3 Å². The topological polar surface area (TPSA) is 70.8 Å². The lowest BCUT2D eigenvalue weighted by Crippen LogP contribution is -1.97. The van der Waals surface area contributed by atoms with Gasteiger partial charge >= 0.3 is 0 Å². The lowest BCUT2D eigenvalue weighted by molar-refractivity contribution is 0.306. The van der Waals surface area contributed by atoms with Crippen LogP contribution in [0.5, 0.6) is 5.75 Å². The van der Waals surface area contributed by atoms with Gasteiger partial charge in [0.05, 0.1) is 18.0 Å². The smallest absolute Gasteiger partial charge is 0.141 e. The van der Waals surface area contributed by atoms with Gasteiger partial charge in [-0.15, -0.1) is 0 Å². The highest BCUT2D eigenvalue weighted by atomic mass is 19.1. The van der Waals surface area contributed by atoms with Gasteiger partial charge in [-0.25, -0.2) is 14.4 Å². The van der Waals surface area contributed by atoms with Gasteiger partial charge in [0.1, 0.15) is 30.3 Å². The predicted octanol–water partition coefficient (Wildman–Crippen LogP) is 6.82. The van der Waals surface area contributed by atoms with Crippen LogP contribution in [0, 0.1) is 17.1 Å². The third kappa shape index (κ3) is 5.26. The summed E-state index contributed by atoms with van der Waals surface area (Å²) in [6.45, 7) is 0.374. The van der Waals surface area contributed by atoms with Crippen LogP contribution < -0.4 is 10.1 Å². The molecule has 0 atom stereocenters. The van der Waals surface area contributed by atoms with E-state index in [-0.39, 0.29) is 5.82 Å². The molecule has 35 heavy (non-hydrogen) atoms. The van der Waals surface area contributed by atoms with Crippen LogP contribution >= 0.6 is 0 Å². The summed E-state index contributed by atoms with van der Waals surface area (Å²) in [5, 5.41) is 13.1. The van der Waals surface area contributed by atoms with Crippen molar-refractivity contribution in [3.8, 4) is 22.9 Å². The number of anilines is 2. The van der Waals surface area contributed by atoms with Crippen LogP contribution in [-0.2, 0) is 13.0 Å². The highest BCUT2D eigenvalue weighted by Crippen LogP contribution is 2.29. The first kappa shape index (κ1) is 22.1. The maximum atomic E-state index is 13.1. The Labute approximate surface area is 202 Å². The number of nitriles is 1. The van der Waals surface area contributed by atoms with Gasteiger partial charge in [0.15, 0.2) is 0 Å². The Morgan fingerprint density at radius 3 is 2.26 bits per heavy atom. The maximum absolute atomic E-state index is 13.1. The van der Waals surface area contributed by atoms with Gasteiger partial charge in [-0.3, -0.25) is 0 Å². The third-order valence-electron chi connectivity index (χ3n) is 5.64. The molecule has 5 aromatic rings. The Bertz CT molecular complexity index is 1490. The van der Waals surface area contributed by atoms with Crippen LogP contribution in [0.2, 0.25) is 0 Å². The minimum absolute atomic E-state index is 0.259. The second-order valence-electron chi connectivity index (χ2n) is 8.05. The number of ether oxygens (including phenoxy) is 1. The molecule has 5 nitrogen and oxygen atoms in total. The molecule has 0 saturated carbocycles. The number of aromatic nitrogens is 2. The van der Waals surface area contributed by atoms with Crippen LogP contribution in [0.4, 0.5) is 15.9 Å². The minimum Gasteiger partial charge on any atom is -0.489 e. The first-order valence-corrected chi connectivity index (χ1v) is 11.1. The van der Waals surface area contributed by atoms with E-state index in [4.69, 9.17) is 10.00 Å². The normalized spacial score (nSPS) is 10.6. The van der Waals surface area contributed by atoms with Gasteiger partial charge in [-0.05, 0) is 70.8 Å². The minimum atomic E-state index is -0.259. The Kier molecular flexibility index (Phi) is 6.31. The summed E-state index contributed by atoms with van der Waals surface area (Å²) in [5.41, 5.74) is 5.68. The van der Waals surface area contributed by atoms with Crippen molar-refractivity contribution < 1.29 is 9.13 Å². The fourth-order valence-electron chi connectivity index (χ4n) is 3.76. The molecule has 0 spiro atoms. The Hall–Kier alpha value is -4.76. The highest BCUT2D eigenvalue weighted by Gasteiger charge is 2.08. The van der Waals surface area contributed by atoms with E-state index in [1.807, 2.05) is 60.7 Å². The van der Waals surface area contributed by atoms with Crippen molar-refractivity contribution in [3.05, 3.63) is 114 Å². The van der Waals surface area contributed by atoms with Crippen LogP contribution in [0.1, 0.15) is 11.1 Å². The largest absolute Gasteiger partial charge is 0.489 e. The molecule has 1 aromatic heterocycles. The highest BCUT2D eigenvalue weighted by molar-refractivity contribution is 5.93. The molecule has 0 fully saturated rings. The summed E-state index contributed by atoms with van der Waals surface area (Å²) in [4.78, 5) is 8.85. The van der Waals surface area contributed by atoms with E-state index in [1.54, 1.807) is 18.5 Å². The molecule has 0 aliphatic carbocycles. The number of hydrogen-bond acceptors (Lipinski definition) is 5. The fraction of sp³-hybridized carbons (Fsp3) is 0.0690. The molecule has 0 unspecified atom stereocenters. The van der Waals surface area contributed by atoms with Crippen molar-refractivity contribution >= 4 is 22.4 Å². The van der Waals surface area contributed by atoms with E-state index in [2.05, 4.69) is 27.4 Å². The zero-order valence-corrected chi connectivity index (χ0v) is 18.8. The maximum Gasteiger partial charge on any atom is 0.141 e. The summed E-state index contributed by atoms with van der Waals surface area (Å²) in [7, 11) is 0. The quantitative estimate of drug-likeness (QED) is 0.288. The lowest BCUT2D eigenvalue weighted by Gasteiger charge is -2.11. The third-order valence-corrected chi connectivity index (χ3v) is 5.64. The average molecular weight is 461 g/mol. The molecule has 5 rings (SSSR count). The van der Waals surface area contributed by atoms with Gasteiger partial charge in [0.25, 0.3) is 0 Å². The zero-order chi connectivity index (χ0) is 24.0. The first-order chi connectivity index (χ1) is 17.2. The molecular formula is C29H21FN4O. The van der Waals surface area contributed by atoms with E-state index in [9.17, 15) is 4.39 Å². The molecule has 0 saturated heterocycles. The molecule has 1 heterocycles. The standard InChI is InChI=1S/C29H21FN4O/c30-24-8-1-21(2-9-24)18-35-26-12-5-22(6-13-26)23-7-14-28-27(17-23)29(33-19-32-28)34-25-10-3-20(4-11-25)15-16-31/h1-14,17,19H,15,18H2,(H,32,33,34). The molecule has 0 aliphatic rings. The van der Waals surface area contributed by atoms with Crippen molar-refractivity contribution in [2.45, 2.75) is 13.0 Å². The zero-order valence-electron chi connectivity index (χ0n) is 18.8. The molecule has 0 aliphatic heterocycles. The number of halogens is 1. The van der Waals surface area contributed by atoms with Crippen molar-refractivity contribution in [2.24, 2.45) is 0 Å². The Morgan fingerprint density at radius 2 is 1.51 bits per heavy atom. The van der Waals surface area contributed by atoms with Crippen molar-refractivity contribution in [1.29, 1.82) is 5.26 Å². The van der Waals surface area contributed by atoms with Crippen LogP contribution in [-0.4, -0.2) is 9.97 Å². The van der Waals surface area contributed by atoms with E-state index >= 15 is 0 Å². The first-order valence-electron chi connectivity index (χ1n) is 11.1. The van der Waals surface area contributed by atoms with Gasteiger partial charge in [0.2, 0.25) is 0 Å². The summed E-state index contributed by atoms with van der Waals surface area (Å²) in [6.07, 6.45) is 1.93. The molecule has 170 valence electrons. The second-order valence-corrected chi connectivity index (χ2v) is 8.05. The van der Waals surface area contributed by atoms with Gasteiger partial charge in [0, 0.05) is 11.1 Å². The van der Waals surface area contributed by atoms with Crippen LogP contribution in [0.25, 0.3) is 22.0 Å². The molecular weight excluding hydrogens is 439 g/mol. The number of nitrogens with one attached hydrogen (secondary N) is 1. The van der Waals surface area contributed by atoms with E-state index < -0.39 is 0 Å². The molecule has 0 amide bonds. The van der Waals surface area contributed by atoms with E-state index in [0.29, 0.717) is 18.8 Å². The van der Waals surface area contributed by atoms with E-state index in [1.165, 1.54) is 12.1 Å². The van der Waals surface area contributed by atoms with Crippen LogP contribution in [0.3, 0.4) is 0 Å². The number of nitrogens with zero attached hydrogens (tertiary/aromatic N) is 3. The predicted molar refractivity (Wildman–Crippen MR) is 135 cm³/mol. The molecule has 0 bridgehead atoms. The van der Waals surface area contributed by atoms with Gasteiger partial charge < -0.3 is 10.1 Å². The molecule has 1 N–H and O–H groups in total. The van der Waals surface area contributed by atoms with Gasteiger partial charge in [-0.2, -0.15) is 5.26 Å². The summed E-state index contributed by atoms with van der Waals surface area (Å²) >= 11 is 0. The number of hydrogen-bond donors (Lipinski definition) is 1. The lowest BCUT2D eigenvalue weighted by atomic mass is 10.0. The number of rotatable bonds is 7. The number of benzene rings is 4. The SMILES string of the molecule is N#CCc1ccc(Nc2ncnc3ccc(-c4ccc(OCc5ccc(F)cc5)cc4)cc23)cc1. The Morgan fingerprint density at radius 1 is 0.800 bits per heavy atom. The molecule has 4 aromatic carbocycles. The molecule has 0 radical (unpaired) electrons. The average Bonchev–Trinajstić information content (AvgIpc) is 2.90. The van der Waals surface area contributed by atoms with Crippen molar-refractivity contribution in [2.75, 3.05) is 5.32 Å². The summed E-state index contributed by atoms with van der Waals surface area (Å²) < 4.78 is 18.9. The summed E-state index contributed by atoms with van der Waals surface area (Å²) in [5.74, 6) is 1.19. The monoisotopic (exact) mass is 460 g/mol. The van der Waals surface area contributed by atoms with Gasteiger partial charge in [-0.1, -0.05) is 42.5 Å². The second kappa shape index (κ2) is 10.0. The van der Waals surface area contributed by atoms with E-state index in [0.717, 1.165) is 44.6 Å².